The molecule has 1 aliphatic rings. The van der Waals surface area contributed by atoms with Gasteiger partial charge < -0.3 is 15.4 Å². The quantitative estimate of drug-likeness (QED) is 0.525. The van der Waals surface area contributed by atoms with Crippen LogP contribution in [-0.2, 0) is 16.1 Å². The zero-order valence-electron chi connectivity index (χ0n) is 15.1. The smallest absolute Gasteiger partial charge is 0.324 e. The van der Waals surface area contributed by atoms with Crippen molar-refractivity contribution in [2.24, 2.45) is 0 Å². The van der Waals surface area contributed by atoms with Gasteiger partial charge >= 0.3 is 6.03 Å². The number of imide groups is 1. The lowest BCUT2D eigenvalue weighted by molar-refractivity contribution is -0.125. The fraction of sp³-hybridized carbons (Fsp3) is 0.250. The molecule has 2 N–H and O–H groups in total. The summed E-state index contributed by atoms with van der Waals surface area (Å²) in [7, 11) is 0. The van der Waals surface area contributed by atoms with Gasteiger partial charge in [-0.2, -0.15) is 0 Å². The largest absolute Gasteiger partial charge is 0.494 e. The second kappa shape index (κ2) is 9.23. The number of hydrogen-bond acceptors (Lipinski definition) is 4. The molecule has 1 saturated heterocycles. The second-order valence-electron chi connectivity index (χ2n) is 6.29. The summed E-state index contributed by atoms with van der Waals surface area (Å²) in [5.41, 5.74) is 1.38. The number of halogens is 1. The van der Waals surface area contributed by atoms with Gasteiger partial charge in [-0.05, 0) is 48.4 Å². The van der Waals surface area contributed by atoms with Crippen LogP contribution >= 0.6 is 11.6 Å². The molecule has 0 bridgehead atoms. The van der Waals surface area contributed by atoms with Crippen LogP contribution in [0.4, 0.5) is 10.5 Å². The van der Waals surface area contributed by atoms with E-state index in [0.29, 0.717) is 35.9 Å². The molecule has 0 unspecified atom stereocenters. The summed E-state index contributed by atoms with van der Waals surface area (Å²) in [6, 6.07) is 13.7. The Kier molecular flexibility index (Phi) is 6.49. The topological polar surface area (TPSA) is 87.7 Å². The molecule has 2 aromatic carbocycles. The van der Waals surface area contributed by atoms with Gasteiger partial charge in [0.05, 0.1) is 19.7 Å². The van der Waals surface area contributed by atoms with Crippen LogP contribution in [0.3, 0.4) is 0 Å². The normalized spacial score (nSPS) is 13.4. The van der Waals surface area contributed by atoms with E-state index in [9.17, 15) is 14.4 Å². The minimum Gasteiger partial charge on any atom is -0.494 e. The van der Waals surface area contributed by atoms with Crippen molar-refractivity contribution >= 4 is 35.1 Å². The van der Waals surface area contributed by atoms with Crippen LogP contribution in [0, 0.1) is 0 Å². The number of hydrogen-bond donors (Lipinski definition) is 2. The van der Waals surface area contributed by atoms with E-state index in [2.05, 4.69) is 10.6 Å². The van der Waals surface area contributed by atoms with E-state index in [1.165, 1.54) is 0 Å². The summed E-state index contributed by atoms with van der Waals surface area (Å²) in [5, 5.41) is 5.94. The number of nitrogens with one attached hydrogen (secondary N) is 2. The third kappa shape index (κ3) is 5.47. The summed E-state index contributed by atoms with van der Waals surface area (Å²) in [6.07, 6.45) is 0.876. The SMILES string of the molecule is O=C(CCCOc1ccc(Cl)cc1)Nc1cccc(CN2C(=O)CNC2=O)c1. The first-order valence-corrected chi connectivity index (χ1v) is 9.24. The number of carbonyl (C=O) groups is 3. The summed E-state index contributed by atoms with van der Waals surface area (Å²) >= 11 is 5.82. The first-order valence-electron chi connectivity index (χ1n) is 8.86. The predicted octanol–water partition coefficient (Wildman–Crippen LogP) is 3.19. The number of ether oxygens (including phenoxy) is 1. The molecule has 2 aromatic rings. The lowest BCUT2D eigenvalue weighted by atomic mass is 10.2. The standard InChI is InChI=1S/C20H20ClN3O4/c21-15-6-8-17(9-7-15)28-10-2-5-18(25)23-16-4-1-3-14(11-16)13-24-19(26)12-22-20(24)27/h1,3-4,6-9,11H,2,5,10,12-13H2,(H,22,27)(H,23,25). The summed E-state index contributed by atoms with van der Waals surface area (Å²) in [4.78, 5) is 36.6. The second-order valence-corrected chi connectivity index (χ2v) is 6.73. The number of benzene rings is 2. The summed E-state index contributed by atoms with van der Waals surface area (Å²) in [6.45, 7) is 0.609. The molecule has 0 radical (unpaired) electrons. The maximum Gasteiger partial charge on any atom is 0.324 e. The Morgan fingerprint density at radius 1 is 1.18 bits per heavy atom. The van der Waals surface area contributed by atoms with Crippen LogP contribution in [0.2, 0.25) is 5.02 Å². The average molecular weight is 402 g/mol. The molecule has 3 rings (SSSR count). The molecule has 0 saturated carbocycles. The van der Waals surface area contributed by atoms with Crippen molar-refractivity contribution < 1.29 is 19.1 Å². The fourth-order valence-corrected chi connectivity index (χ4v) is 2.85. The van der Waals surface area contributed by atoms with Crippen LogP contribution in [0.5, 0.6) is 5.75 Å². The number of urea groups is 1. The predicted molar refractivity (Wildman–Crippen MR) is 105 cm³/mol. The highest BCUT2D eigenvalue weighted by Crippen LogP contribution is 2.17. The summed E-state index contributed by atoms with van der Waals surface area (Å²) < 4.78 is 5.56. The maximum absolute atomic E-state index is 12.1. The van der Waals surface area contributed by atoms with Crippen molar-refractivity contribution in [1.29, 1.82) is 0 Å². The zero-order valence-corrected chi connectivity index (χ0v) is 15.9. The van der Waals surface area contributed by atoms with E-state index >= 15 is 0 Å². The van der Waals surface area contributed by atoms with E-state index in [0.717, 1.165) is 10.5 Å². The molecule has 7 nitrogen and oxygen atoms in total. The van der Waals surface area contributed by atoms with E-state index in [1.54, 1.807) is 48.5 Å². The van der Waals surface area contributed by atoms with Crippen LogP contribution in [0.1, 0.15) is 18.4 Å². The molecular formula is C20H20ClN3O4. The van der Waals surface area contributed by atoms with E-state index < -0.39 is 6.03 Å². The van der Waals surface area contributed by atoms with Crippen LogP contribution in [-0.4, -0.2) is 35.9 Å². The summed E-state index contributed by atoms with van der Waals surface area (Å²) in [5.74, 6) is 0.310. The fourth-order valence-electron chi connectivity index (χ4n) is 2.72. The number of amides is 4. The van der Waals surface area contributed by atoms with Gasteiger partial charge in [0, 0.05) is 17.1 Å². The number of anilines is 1. The molecule has 0 spiro atoms. The van der Waals surface area contributed by atoms with Crippen LogP contribution in [0.25, 0.3) is 0 Å². The number of carbonyl (C=O) groups excluding carboxylic acids is 3. The zero-order chi connectivity index (χ0) is 19.9. The van der Waals surface area contributed by atoms with Gasteiger partial charge in [0.2, 0.25) is 11.8 Å². The number of nitrogens with zero attached hydrogens (tertiary/aromatic N) is 1. The Morgan fingerprint density at radius 2 is 1.96 bits per heavy atom. The average Bonchev–Trinajstić information content (AvgIpc) is 2.99. The molecule has 4 amide bonds. The Labute approximate surface area is 167 Å². The van der Waals surface area contributed by atoms with E-state index in [-0.39, 0.29) is 24.9 Å². The molecule has 8 heteroatoms. The van der Waals surface area contributed by atoms with Crippen molar-refractivity contribution in [2.75, 3.05) is 18.5 Å². The third-order valence-electron chi connectivity index (χ3n) is 4.12. The number of rotatable bonds is 8. The van der Waals surface area contributed by atoms with Gasteiger partial charge in [-0.3, -0.25) is 14.5 Å². The highest BCUT2D eigenvalue weighted by molar-refractivity contribution is 6.30. The lowest BCUT2D eigenvalue weighted by Crippen LogP contribution is -2.30. The van der Waals surface area contributed by atoms with Crippen molar-refractivity contribution in [3.8, 4) is 5.75 Å². The third-order valence-corrected chi connectivity index (χ3v) is 4.37. The van der Waals surface area contributed by atoms with Crippen LogP contribution < -0.4 is 15.4 Å². The highest BCUT2D eigenvalue weighted by Gasteiger charge is 2.28. The Bertz CT molecular complexity index is 854. The van der Waals surface area contributed by atoms with Gasteiger partial charge in [-0.15, -0.1) is 0 Å². The van der Waals surface area contributed by atoms with E-state index in [4.69, 9.17) is 16.3 Å². The molecule has 28 heavy (non-hydrogen) atoms. The minimum atomic E-state index is -0.403. The van der Waals surface area contributed by atoms with Crippen molar-refractivity contribution in [2.45, 2.75) is 19.4 Å². The van der Waals surface area contributed by atoms with Crippen molar-refractivity contribution in [1.82, 2.24) is 10.2 Å². The Morgan fingerprint density at radius 3 is 2.68 bits per heavy atom. The maximum atomic E-state index is 12.1. The van der Waals surface area contributed by atoms with Crippen LogP contribution in [0.15, 0.2) is 48.5 Å². The molecule has 0 aromatic heterocycles. The lowest BCUT2D eigenvalue weighted by Gasteiger charge is -2.13. The minimum absolute atomic E-state index is 0.0212. The molecule has 1 aliphatic heterocycles. The van der Waals surface area contributed by atoms with Crippen molar-refractivity contribution in [3.05, 3.63) is 59.1 Å². The molecule has 0 atom stereocenters. The molecule has 146 valence electrons. The Hall–Kier alpha value is -3.06. The first kappa shape index (κ1) is 19.7. The monoisotopic (exact) mass is 401 g/mol. The van der Waals surface area contributed by atoms with Gasteiger partial charge in [0.25, 0.3) is 0 Å². The van der Waals surface area contributed by atoms with Gasteiger partial charge in [-0.25, -0.2) is 4.79 Å². The first-order chi connectivity index (χ1) is 13.5. The Balaban J connectivity index is 1.44. The molecule has 1 heterocycles. The molecular weight excluding hydrogens is 382 g/mol. The highest BCUT2D eigenvalue weighted by atomic mass is 35.5. The van der Waals surface area contributed by atoms with Gasteiger partial charge in [0.15, 0.2) is 0 Å². The molecule has 0 aliphatic carbocycles. The van der Waals surface area contributed by atoms with Crippen molar-refractivity contribution in [3.63, 3.8) is 0 Å². The van der Waals surface area contributed by atoms with Gasteiger partial charge in [-0.1, -0.05) is 23.7 Å². The van der Waals surface area contributed by atoms with Gasteiger partial charge in [0.1, 0.15) is 5.75 Å². The molecule has 1 fully saturated rings. The van der Waals surface area contributed by atoms with E-state index in [1.807, 2.05) is 0 Å².